The molecular weight excluding hydrogens is 184 g/mol. The topological polar surface area (TPSA) is 39.6 Å². The Kier molecular flexibility index (Phi) is 2.04. The highest BCUT2D eigenvalue weighted by molar-refractivity contribution is 5.81. The second-order valence-corrected chi connectivity index (χ2v) is 4.49. The van der Waals surface area contributed by atoms with Crippen LogP contribution in [0.5, 0.6) is 0 Å². The Morgan fingerprint density at radius 3 is 2.67 bits per heavy atom. The van der Waals surface area contributed by atoms with Crippen molar-refractivity contribution in [1.82, 2.24) is 4.98 Å². The number of aromatic nitrogens is 1. The maximum Gasteiger partial charge on any atom is 0.0766 e. The number of hydrogen-bond acceptors (Lipinski definition) is 1. The molecule has 0 atom stereocenters. The summed E-state index contributed by atoms with van der Waals surface area (Å²) in [4.78, 5) is 3.27. The van der Waals surface area contributed by atoms with Crippen LogP contribution in [0, 0.1) is 18.3 Å². The van der Waals surface area contributed by atoms with Crippen LogP contribution < -0.4 is 0 Å². The van der Waals surface area contributed by atoms with Crippen molar-refractivity contribution >= 4 is 10.9 Å². The van der Waals surface area contributed by atoms with Crippen molar-refractivity contribution in [3.8, 4) is 6.07 Å². The molecule has 0 fully saturated rings. The molecule has 0 unspecified atom stereocenters. The molecule has 1 heterocycles. The molecule has 2 rings (SSSR count). The average molecular weight is 198 g/mol. The van der Waals surface area contributed by atoms with Crippen molar-refractivity contribution in [1.29, 1.82) is 5.26 Å². The van der Waals surface area contributed by atoms with Crippen molar-refractivity contribution in [3.05, 3.63) is 35.5 Å². The molecule has 0 radical (unpaired) electrons. The molecule has 0 aliphatic carbocycles. The quantitative estimate of drug-likeness (QED) is 0.750. The minimum absolute atomic E-state index is 0.417. The molecule has 1 aromatic heterocycles. The van der Waals surface area contributed by atoms with Gasteiger partial charge in [0.25, 0.3) is 0 Å². The van der Waals surface area contributed by atoms with E-state index >= 15 is 0 Å². The van der Waals surface area contributed by atoms with E-state index in [1.54, 1.807) is 0 Å². The molecule has 1 N–H and O–H groups in total. The van der Waals surface area contributed by atoms with Gasteiger partial charge in [-0.1, -0.05) is 6.07 Å². The van der Waals surface area contributed by atoms with Gasteiger partial charge in [-0.3, -0.25) is 0 Å². The number of nitrogens with zero attached hydrogens (tertiary/aromatic N) is 1. The minimum Gasteiger partial charge on any atom is -0.359 e. The molecule has 1 aromatic carbocycles. The molecule has 2 heteroatoms. The van der Waals surface area contributed by atoms with Gasteiger partial charge >= 0.3 is 0 Å². The number of benzene rings is 1. The first-order chi connectivity index (χ1) is 7.03. The smallest absolute Gasteiger partial charge is 0.0766 e. The first kappa shape index (κ1) is 9.79. The Hall–Kier alpha value is -1.75. The van der Waals surface area contributed by atoms with Crippen molar-refractivity contribution in [2.24, 2.45) is 0 Å². The Bertz CT molecular complexity index is 541. The number of hydrogen-bond donors (Lipinski definition) is 1. The van der Waals surface area contributed by atoms with Crippen LogP contribution in [-0.4, -0.2) is 4.98 Å². The number of nitriles is 1. The number of rotatable bonds is 1. The average Bonchev–Trinajstić information content (AvgIpc) is 2.56. The van der Waals surface area contributed by atoms with E-state index in [0.717, 1.165) is 16.8 Å². The van der Waals surface area contributed by atoms with Crippen molar-refractivity contribution in [3.63, 3.8) is 0 Å². The second kappa shape index (κ2) is 3.13. The maximum absolute atomic E-state index is 9.07. The third kappa shape index (κ3) is 1.61. The number of fused-ring (bicyclic) bond motifs is 1. The summed E-state index contributed by atoms with van der Waals surface area (Å²) in [5.41, 5.74) is 2.93. The predicted octanol–water partition coefficient (Wildman–Crippen LogP) is 3.28. The summed E-state index contributed by atoms with van der Waals surface area (Å²) in [6.45, 7) is 5.91. The number of nitrogens with one attached hydrogen (secondary N) is 1. The van der Waals surface area contributed by atoms with Gasteiger partial charge in [0.05, 0.1) is 11.5 Å². The van der Waals surface area contributed by atoms with Crippen molar-refractivity contribution in [2.45, 2.75) is 26.2 Å². The number of aromatic amines is 1. The molecule has 2 aromatic rings. The number of H-pyrrole nitrogens is 1. The molecule has 0 saturated carbocycles. The molecule has 0 aliphatic heterocycles. The Morgan fingerprint density at radius 1 is 1.27 bits per heavy atom. The Labute approximate surface area is 89.5 Å². The lowest BCUT2D eigenvalue weighted by Crippen LogP contribution is -2.13. The highest BCUT2D eigenvalue weighted by atomic mass is 14.7. The van der Waals surface area contributed by atoms with Crippen LogP contribution in [0.2, 0.25) is 0 Å². The van der Waals surface area contributed by atoms with Crippen molar-refractivity contribution < 1.29 is 0 Å². The minimum atomic E-state index is -0.417. The van der Waals surface area contributed by atoms with Crippen LogP contribution in [0.1, 0.15) is 25.1 Å². The van der Waals surface area contributed by atoms with Gasteiger partial charge in [0.1, 0.15) is 0 Å². The molecule has 0 saturated heterocycles. The summed E-state index contributed by atoms with van der Waals surface area (Å²) in [6.07, 6.45) is 0. The molecule has 2 nitrogen and oxygen atoms in total. The Morgan fingerprint density at radius 2 is 2.00 bits per heavy atom. The monoisotopic (exact) mass is 198 g/mol. The van der Waals surface area contributed by atoms with Crippen LogP contribution in [0.15, 0.2) is 24.3 Å². The fourth-order valence-corrected chi connectivity index (χ4v) is 1.73. The molecule has 15 heavy (non-hydrogen) atoms. The summed E-state index contributed by atoms with van der Waals surface area (Å²) in [5.74, 6) is 0. The van der Waals surface area contributed by atoms with Crippen LogP contribution in [0.4, 0.5) is 0 Å². The van der Waals surface area contributed by atoms with E-state index in [4.69, 9.17) is 5.26 Å². The maximum atomic E-state index is 9.07. The SMILES string of the molecule is Cc1cc2cc(C(C)(C)C#N)ccc2[nH]1. The summed E-state index contributed by atoms with van der Waals surface area (Å²) in [7, 11) is 0. The van der Waals surface area contributed by atoms with E-state index < -0.39 is 5.41 Å². The third-order valence-electron chi connectivity index (χ3n) is 2.76. The first-order valence-corrected chi connectivity index (χ1v) is 5.04. The Balaban J connectivity index is 2.62. The van der Waals surface area contributed by atoms with Gasteiger partial charge in [-0.25, -0.2) is 0 Å². The summed E-state index contributed by atoms with van der Waals surface area (Å²) in [5, 5.41) is 10.2. The van der Waals surface area contributed by atoms with Crippen molar-refractivity contribution in [2.75, 3.05) is 0 Å². The number of aryl methyl sites for hydroxylation is 1. The highest BCUT2D eigenvalue weighted by Gasteiger charge is 2.19. The molecule has 0 bridgehead atoms. The summed E-state index contributed by atoms with van der Waals surface area (Å²) in [6, 6.07) is 10.6. The zero-order valence-corrected chi connectivity index (χ0v) is 9.26. The fraction of sp³-hybridized carbons (Fsp3) is 0.308. The lowest BCUT2D eigenvalue weighted by atomic mass is 9.86. The lowest BCUT2D eigenvalue weighted by Gasteiger charge is -2.15. The first-order valence-electron chi connectivity index (χ1n) is 5.04. The zero-order chi connectivity index (χ0) is 11.1. The van der Waals surface area contributed by atoms with Gasteiger partial charge in [0, 0.05) is 11.2 Å². The van der Waals surface area contributed by atoms with Gasteiger partial charge in [-0.2, -0.15) is 5.26 Å². The van der Waals surface area contributed by atoms with Crippen LogP contribution in [0.3, 0.4) is 0 Å². The predicted molar refractivity (Wildman–Crippen MR) is 61.7 cm³/mol. The zero-order valence-electron chi connectivity index (χ0n) is 9.26. The molecular formula is C13H14N2. The third-order valence-corrected chi connectivity index (χ3v) is 2.76. The van der Waals surface area contributed by atoms with Crippen LogP contribution in [0.25, 0.3) is 10.9 Å². The van der Waals surface area contributed by atoms with Gasteiger partial charge in [-0.05, 0) is 49.9 Å². The van der Waals surface area contributed by atoms with E-state index in [-0.39, 0.29) is 0 Å². The fourth-order valence-electron chi connectivity index (χ4n) is 1.73. The molecule has 0 aliphatic rings. The van der Waals surface area contributed by atoms with E-state index in [2.05, 4.69) is 23.2 Å². The summed E-state index contributed by atoms with van der Waals surface area (Å²) < 4.78 is 0. The second-order valence-electron chi connectivity index (χ2n) is 4.49. The van der Waals surface area contributed by atoms with Gasteiger partial charge in [-0.15, -0.1) is 0 Å². The van der Waals surface area contributed by atoms with Crippen LogP contribution >= 0.6 is 0 Å². The molecule has 0 spiro atoms. The molecule has 0 amide bonds. The normalized spacial score (nSPS) is 11.6. The lowest BCUT2D eigenvalue weighted by molar-refractivity contribution is 0.688. The van der Waals surface area contributed by atoms with Gasteiger partial charge in [0.2, 0.25) is 0 Å². The largest absolute Gasteiger partial charge is 0.359 e. The van der Waals surface area contributed by atoms with Gasteiger partial charge < -0.3 is 4.98 Å². The highest BCUT2D eigenvalue weighted by Crippen LogP contribution is 2.26. The van der Waals surface area contributed by atoms with Crippen LogP contribution in [-0.2, 0) is 5.41 Å². The standard InChI is InChI=1S/C13H14N2/c1-9-6-10-7-11(13(2,3)8-14)4-5-12(10)15-9/h4-7,15H,1-3H3. The van der Waals surface area contributed by atoms with Gasteiger partial charge in [0.15, 0.2) is 0 Å². The van der Waals surface area contributed by atoms with E-state index in [0.29, 0.717) is 0 Å². The summed E-state index contributed by atoms with van der Waals surface area (Å²) >= 11 is 0. The molecule has 76 valence electrons. The van der Waals surface area contributed by atoms with E-state index in [9.17, 15) is 0 Å². The van der Waals surface area contributed by atoms with E-state index in [1.807, 2.05) is 32.9 Å². The van der Waals surface area contributed by atoms with E-state index in [1.165, 1.54) is 5.39 Å².